The van der Waals surface area contributed by atoms with E-state index in [4.69, 9.17) is 5.73 Å². The molecule has 0 amide bonds. The minimum absolute atomic E-state index is 0.457. The maximum Gasteiger partial charge on any atom is 0.126 e. The highest BCUT2D eigenvalue weighted by Gasteiger charge is 2.31. The third kappa shape index (κ3) is 1.05. The first kappa shape index (κ1) is 8.56. The van der Waals surface area contributed by atoms with Crippen molar-refractivity contribution in [1.29, 1.82) is 0 Å². The highest BCUT2D eigenvalue weighted by Crippen LogP contribution is 2.36. The first-order valence-electron chi connectivity index (χ1n) is 4.66. The van der Waals surface area contributed by atoms with E-state index in [9.17, 15) is 0 Å². The lowest BCUT2D eigenvalue weighted by Crippen LogP contribution is -2.17. The van der Waals surface area contributed by atoms with Gasteiger partial charge in [0, 0.05) is 19.2 Å². The van der Waals surface area contributed by atoms with E-state index >= 15 is 0 Å². The molecule has 0 spiro atoms. The fourth-order valence-corrected chi connectivity index (χ4v) is 2.11. The van der Waals surface area contributed by atoms with Crippen LogP contribution < -0.4 is 5.73 Å². The lowest BCUT2D eigenvalue weighted by Gasteiger charge is -2.17. The lowest BCUT2D eigenvalue weighted by atomic mass is 10.1. The minimum Gasteiger partial charge on any atom is -0.384 e. The zero-order valence-corrected chi connectivity index (χ0v) is 8.41. The number of nitrogens with zero attached hydrogens (tertiary/aromatic N) is 3. The quantitative estimate of drug-likeness (QED) is 0.698. The van der Waals surface area contributed by atoms with Crippen molar-refractivity contribution in [1.82, 2.24) is 14.7 Å². The van der Waals surface area contributed by atoms with Gasteiger partial charge >= 0.3 is 0 Å². The number of nitrogens with two attached hydrogens (primary N) is 1. The van der Waals surface area contributed by atoms with Crippen LogP contribution in [0.4, 0.5) is 5.82 Å². The van der Waals surface area contributed by atoms with Gasteiger partial charge in [-0.15, -0.1) is 0 Å². The van der Waals surface area contributed by atoms with Crippen LogP contribution in [0.1, 0.15) is 30.6 Å². The molecule has 1 unspecified atom stereocenters. The van der Waals surface area contributed by atoms with E-state index in [-0.39, 0.29) is 0 Å². The van der Waals surface area contributed by atoms with Crippen molar-refractivity contribution < 1.29 is 0 Å². The molecule has 0 bridgehead atoms. The van der Waals surface area contributed by atoms with Crippen molar-refractivity contribution in [2.24, 2.45) is 7.05 Å². The van der Waals surface area contributed by atoms with Gasteiger partial charge in [-0.25, -0.2) is 0 Å². The molecule has 0 aliphatic carbocycles. The van der Waals surface area contributed by atoms with Gasteiger partial charge in [0.2, 0.25) is 0 Å². The van der Waals surface area contributed by atoms with Crippen LogP contribution in [-0.4, -0.2) is 21.7 Å². The number of hydrogen-bond donors (Lipinski definition) is 1. The molecule has 0 fully saturated rings. The van der Waals surface area contributed by atoms with E-state index in [0.717, 1.165) is 18.8 Å². The summed E-state index contributed by atoms with van der Waals surface area (Å²) >= 11 is 0. The van der Waals surface area contributed by atoms with Crippen LogP contribution in [0.15, 0.2) is 0 Å². The molecule has 0 saturated carbocycles. The van der Waals surface area contributed by atoms with Crippen LogP contribution in [0.5, 0.6) is 0 Å². The highest BCUT2D eigenvalue weighted by molar-refractivity contribution is 5.46. The fraction of sp³-hybridized carbons (Fsp3) is 0.667. The molecule has 1 aliphatic heterocycles. The van der Waals surface area contributed by atoms with Crippen LogP contribution in [-0.2, 0) is 13.6 Å². The zero-order chi connectivity index (χ0) is 9.59. The second-order valence-corrected chi connectivity index (χ2v) is 3.71. The molecular weight excluding hydrogens is 164 g/mol. The summed E-state index contributed by atoms with van der Waals surface area (Å²) < 4.78 is 1.78. The van der Waals surface area contributed by atoms with E-state index in [1.807, 2.05) is 7.05 Å². The van der Waals surface area contributed by atoms with Gasteiger partial charge in [-0.2, -0.15) is 5.10 Å². The molecule has 2 N–H and O–H groups in total. The Morgan fingerprint density at radius 2 is 2.23 bits per heavy atom. The number of fused-ring (bicyclic) bond motifs is 1. The van der Waals surface area contributed by atoms with Crippen molar-refractivity contribution >= 4 is 5.82 Å². The number of nitrogen functional groups attached to an aromatic ring is 1. The Kier molecular flexibility index (Phi) is 1.80. The van der Waals surface area contributed by atoms with Crippen LogP contribution in [0.2, 0.25) is 0 Å². The molecule has 0 saturated heterocycles. The van der Waals surface area contributed by atoms with Crippen LogP contribution in [0, 0.1) is 0 Å². The highest BCUT2D eigenvalue weighted by atomic mass is 15.3. The predicted molar refractivity (Wildman–Crippen MR) is 52.1 cm³/mol. The monoisotopic (exact) mass is 180 g/mol. The Labute approximate surface area is 78.3 Å². The number of aromatic nitrogens is 2. The zero-order valence-electron chi connectivity index (χ0n) is 8.41. The molecule has 1 aliphatic rings. The number of aryl methyl sites for hydroxylation is 1. The van der Waals surface area contributed by atoms with Crippen molar-refractivity contribution in [3.05, 3.63) is 11.3 Å². The molecule has 2 rings (SSSR count). The first-order chi connectivity index (χ1) is 6.15. The summed E-state index contributed by atoms with van der Waals surface area (Å²) in [5, 5.41) is 4.44. The van der Waals surface area contributed by atoms with Crippen LogP contribution >= 0.6 is 0 Å². The number of rotatable bonds is 1. The number of anilines is 1. The van der Waals surface area contributed by atoms with E-state index in [1.165, 1.54) is 11.3 Å². The summed E-state index contributed by atoms with van der Waals surface area (Å²) in [6.07, 6.45) is 1.10. The summed E-state index contributed by atoms with van der Waals surface area (Å²) in [6, 6.07) is 0.457. The molecule has 72 valence electrons. The Morgan fingerprint density at radius 3 is 2.85 bits per heavy atom. The summed E-state index contributed by atoms with van der Waals surface area (Å²) in [7, 11) is 4.02. The molecule has 1 aromatic rings. The normalized spacial score (nSPS) is 22.2. The minimum atomic E-state index is 0.457. The average Bonchev–Trinajstić information content (AvgIpc) is 2.52. The van der Waals surface area contributed by atoms with E-state index in [1.54, 1.807) is 4.68 Å². The van der Waals surface area contributed by atoms with Gasteiger partial charge < -0.3 is 5.73 Å². The van der Waals surface area contributed by atoms with Gasteiger partial charge in [-0.3, -0.25) is 9.58 Å². The second-order valence-electron chi connectivity index (χ2n) is 3.71. The summed E-state index contributed by atoms with van der Waals surface area (Å²) in [6.45, 7) is 3.12. The Bertz CT molecular complexity index is 329. The summed E-state index contributed by atoms with van der Waals surface area (Å²) in [5.41, 5.74) is 8.30. The van der Waals surface area contributed by atoms with Gasteiger partial charge in [0.15, 0.2) is 0 Å². The third-order valence-electron chi connectivity index (χ3n) is 2.87. The molecule has 0 radical (unpaired) electrons. The second kappa shape index (κ2) is 2.73. The van der Waals surface area contributed by atoms with Gasteiger partial charge in [0.1, 0.15) is 5.82 Å². The molecular formula is C9H16N4. The Hall–Kier alpha value is -1.03. The molecule has 0 aromatic carbocycles. The smallest absolute Gasteiger partial charge is 0.126 e. The fourth-order valence-electron chi connectivity index (χ4n) is 2.11. The van der Waals surface area contributed by atoms with Gasteiger partial charge in [0.25, 0.3) is 0 Å². The van der Waals surface area contributed by atoms with Crippen LogP contribution in [0.3, 0.4) is 0 Å². The van der Waals surface area contributed by atoms with Crippen molar-refractivity contribution in [2.45, 2.75) is 25.9 Å². The molecule has 1 atom stereocenters. The van der Waals surface area contributed by atoms with Gasteiger partial charge in [0.05, 0.1) is 11.7 Å². The SMILES string of the molecule is CCC1c2nn(C)c(N)c2CN1C. The third-order valence-corrected chi connectivity index (χ3v) is 2.87. The maximum atomic E-state index is 5.91. The van der Waals surface area contributed by atoms with Crippen LogP contribution in [0.25, 0.3) is 0 Å². The standard InChI is InChI=1S/C9H16N4/c1-4-7-8-6(5-12(7)2)9(10)13(3)11-8/h7H,4-5,10H2,1-3H3. The lowest BCUT2D eigenvalue weighted by molar-refractivity contribution is 0.256. The Morgan fingerprint density at radius 1 is 1.54 bits per heavy atom. The maximum absolute atomic E-state index is 5.91. The van der Waals surface area contributed by atoms with Gasteiger partial charge in [-0.1, -0.05) is 6.92 Å². The summed E-state index contributed by atoms with van der Waals surface area (Å²) in [4.78, 5) is 2.30. The van der Waals surface area contributed by atoms with E-state index in [0.29, 0.717) is 6.04 Å². The largest absolute Gasteiger partial charge is 0.384 e. The average molecular weight is 180 g/mol. The molecule has 4 heteroatoms. The van der Waals surface area contributed by atoms with E-state index in [2.05, 4.69) is 24.0 Å². The van der Waals surface area contributed by atoms with Gasteiger partial charge in [-0.05, 0) is 13.5 Å². The predicted octanol–water partition coefficient (Wildman–Crippen LogP) is 0.899. The number of hydrogen-bond acceptors (Lipinski definition) is 3. The van der Waals surface area contributed by atoms with Crippen molar-refractivity contribution in [3.8, 4) is 0 Å². The summed E-state index contributed by atoms with van der Waals surface area (Å²) in [5.74, 6) is 0.817. The first-order valence-corrected chi connectivity index (χ1v) is 4.66. The molecule has 2 heterocycles. The molecule has 1 aromatic heterocycles. The molecule has 13 heavy (non-hydrogen) atoms. The van der Waals surface area contributed by atoms with Crippen molar-refractivity contribution in [2.75, 3.05) is 12.8 Å². The van der Waals surface area contributed by atoms with E-state index < -0.39 is 0 Å². The molecule has 4 nitrogen and oxygen atoms in total. The topological polar surface area (TPSA) is 47.1 Å². The Balaban J connectivity index is 2.46. The van der Waals surface area contributed by atoms with Crippen molar-refractivity contribution in [3.63, 3.8) is 0 Å².